The van der Waals surface area contributed by atoms with Crippen molar-refractivity contribution < 1.29 is 4.79 Å². The molecule has 2 aromatic heterocycles. The van der Waals surface area contributed by atoms with Gasteiger partial charge in [-0.1, -0.05) is 35.3 Å². The molecule has 1 fully saturated rings. The molecule has 1 saturated heterocycles. The number of aryl methyl sites for hydroxylation is 1. The number of piperazine rings is 1. The summed E-state index contributed by atoms with van der Waals surface area (Å²) in [5.41, 5.74) is 3.30. The van der Waals surface area contributed by atoms with E-state index >= 15 is 0 Å². The van der Waals surface area contributed by atoms with Gasteiger partial charge in [-0.05, 0) is 37.6 Å². The predicted molar refractivity (Wildman–Crippen MR) is 117 cm³/mol. The summed E-state index contributed by atoms with van der Waals surface area (Å²) in [6.45, 7) is 8.05. The van der Waals surface area contributed by atoms with Crippen molar-refractivity contribution in [2.24, 2.45) is 0 Å². The lowest BCUT2D eigenvalue weighted by Gasteiger charge is -2.34. The van der Waals surface area contributed by atoms with Crippen LogP contribution in [0.4, 0.5) is 0 Å². The average molecular weight is 447 g/mol. The number of carbonyl (C=O) groups is 1. The second-order valence-corrected chi connectivity index (χ2v) is 8.38. The number of benzene rings is 1. The predicted octanol–water partition coefficient (Wildman–Crippen LogP) is 3.47. The first-order valence-corrected chi connectivity index (χ1v) is 10.7. The molecule has 0 bridgehead atoms. The second-order valence-electron chi connectivity index (χ2n) is 7.56. The molecule has 3 aromatic rings. The van der Waals surface area contributed by atoms with Crippen molar-refractivity contribution in [1.82, 2.24) is 29.4 Å². The molecular formula is C21H24Cl2N6O. The van der Waals surface area contributed by atoms with Crippen molar-refractivity contribution in [3.63, 3.8) is 0 Å². The van der Waals surface area contributed by atoms with Crippen LogP contribution >= 0.6 is 23.2 Å². The molecule has 7 nitrogen and oxygen atoms in total. The first kappa shape index (κ1) is 20.9. The minimum absolute atomic E-state index is 0.0393. The van der Waals surface area contributed by atoms with E-state index in [1.54, 1.807) is 21.6 Å². The van der Waals surface area contributed by atoms with Gasteiger partial charge in [0.25, 0.3) is 5.91 Å². The highest BCUT2D eigenvalue weighted by Gasteiger charge is 2.24. The van der Waals surface area contributed by atoms with E-state index in [4.69, 9.17) is 23.2 Å². The minimum atomic E-state index is -0.0393. The maximum Gasteiger partial charge on any atom is 0.274 e. The monoisotopic (exact) mass is 446 g/mol. The van der Waals surface area contributed by atoms with Gasteiger partial charge in [-0.15, -0.1) is 0 Å². The molecule has 9 heteroatoms. The van der Waals surface area contributed by atoms with Crippen molar-refractivity contribution in [1.29, 1.82) is 0 Å². The molecule has 3 heterocycles. The quantitative estimate of drug-likeness (QED) is 0.601. The van der Waals surface area contributed by atoms with Gasteiger partial charge in [-0.25, -0.2) is 4.68 Å². The summed E-state index contributed by atoms with van der Waals surface area (Å²) in [4.78, 5) is 17.1. The van der Waals surface area contributed by atoms with E-state index in [2.05, 4.69) is 21.2 Å². The van der Waals surface area contributed by atoms with Gasteiger partial charge < -0.3 is 4.90 Å². The molecular weight excluding hydrogens is 423 g/mol. The van der Waals surface area contributed by atoms with Gasteiger partial charge in [0.2, 0.25) is 0 Å². The Morgan fingerprint density at radius 3 is 2.50 bits per heavy atom. The smallest absolute Gasteiger partial charge is 0.274 e. The molecule has 0 spiro atoms. The first-order chi connectivity index (χ1) is 14.4. The molecule has 0 N–H and O–H groups in total. The first-order valence-electron chi connectivity index (χ1n) is 9.90. The molecule has 30 heavy (non-hydrogen) atoms. The van der Waals surface area contributed by atoms with E-state index in [1.807, 2.05) is 36.9 Å². The fourth-order valence-electron chi connectivity index (χ4n) is 3.67. The van der Waals surface area contributed by atoms with Crippen LogP contribution in [0.1, 0.15) is 27.4 Å². The van der Waals surface area contributed by atoms with Gasteiger partial charge in [0.05, 0.1) is 16.4 Å². The normalized spacial score (nSPS) is 15.0. The summed E-state index contributed by atoms with van der Waals surface area (Å²) in [5.74, 6) is -0.0393. The van der Waals surface area contributed by atoms with Crippen molar-refractivity contribution in [3.8, 4) is 0 Å². The second kappa shape index (κ2) is 8.79. The summed E-state index contributed by atoms with van der Waals surface area (Å²) >= 11 is 12.3. The van der Waals surface area contributed by atoms with E-state index in [0.717, 1.165) is 36.0 Å². The highest BCUT2D eigenvalue weighted by molar-refractivity contribution is 6.31. The highest BCUT2D eigenvalue weighted by Crippen LogP contribution is 2.19. The number of carbonyl (C=O) groups excluding carboxylic acids is 1. The van der Waals surface area contributed by atoms with Crippen molar-refractivity contribution in [3.05, 3.63) is 69.2 Å². The molecule has 0 radical (unpaired) electrons. The number of halogens is 2. The van der Waals surface area contributed by atoms with Crippen molar-refractivity contribution in [2.75, 3.05) is 26.2 Å². The van der Waals surface area contributed by atoms with Gasteiger partial charge >= 0.3 is 0 Å². The number of aromatic nitrogens is 4. The maximum atomic E-state index is 12.9. The lowest BCUT2D eigenvalue weighted by Crippen LogP contribution is -2.48. The topological polar surface area (TPSA) is 59.2 Å². The Morgan fingerprint density at radius 2 is 1.83 bits per heavy atom. The van der Waals surface area contributed by atoms with Crippen LogP contribution in [0, 0.1) is 13.8 Å². The zero-order valence-electron chi connectivity index (χ0n) is 17.1. The fraction of sp³-hybridized carbons (Fsp3) is 0.381. The Balaban J connectivity index is 1.34. The summed E-state index contributed by atoms with van der Waals surface area (Å²) < 4.78 is 3.49. The van der Waals surface area contributed by atoms with Gasteiger partial charge in [0.1, 0.15) is 12.4 Å². The van der Waals surface area contributed by atoms with Crippen LogP contribution in [0.25, 0.3) is 0 Å². The summed E-state index contributed by atoms with van der Waals surface area (Å²) in [7, 11) is 0. The number of hydrogen-bond donors (Lipinski definition) is 0. The van der Waals surface area contributed by atoms with Crippen LogP contribution < -0.4 is 0 Å². The van der Waals surface area contributed by atoms with E-state index in [0.29, 0.717) is 30.5 Å². The summed E-state index contributed by atoms with van der Waals surface area (Å²) in [5, 5.41) is 10.3. The minimum Gasteiger partial charge on any atom is -0.335 e. The third-order valence-corrected chi connectivity index (χ3v) is 6.17. The molecule has 0 saturated carbocycles. The van der Waals surface area contributed by atoms with E-state index in [1.165, 1.54) is 5.56 Å². The molecule has 158 valence electrons. The number of rotatable bonds is 5. The Labute approximate surface area is 185 Å². The van der Waals surface area contributed by atoms with Gasteiger partial charge in [-0.3, -0.25) is 14.4 Å². The largest absolute Gasteiger partial charge is 0.335 e. The lowest BCUT2D eigenvalue weighted by atomic mass is 10.2. The molecule has 4 rings (SSSR count). The molecule has 0 aliphatic carbocycles. The van der Waals surface area contributed by atoms with Crippen molar-refractivity contribution in [2.45, 2.75) is 27.1 Å². The Hall–Kier alpha value is -2.35. The third kappa shape index (κ3) is 4.53. The SMILES string of the molecule is Cc1nn(Cn2ccc(C(=O)N3CCN(Cc4cccc(Cl)c4)CC3)n2)c(C)c1Cl. The van der Waals surface area contributed by atoms with Crippen LogP contribution in [0.3, 0.4) is 0 Å². The highest BCUT2D eigenvalue weighted by atomic mass is 35.5. The van der Waals surface area contributed by atoms with Gasteiger partial charge in [-0.2, -0.15) is 10.2 Å². The number of hydrogen-bond acceptors (Lipinski definition) is 4. The zero-order valence-corrected chi connectivity index (χ0v) is 18.6. The Morgan fingerprint density at radius 1 is 1.07 bits per heavy atom. The van der Waals surface area contributed by atoms with Gasteiger partial charge in [0.15, 0.2) is 0 Å². The third-order valence-electron chi connectivity index (χ3n) is 5.39. The van der Waals surface area contributed by atoms with Crippen LogP contribution in [-0.2, 0) is 13.2 Å². The molecule has 0 atom stereocenters. The van der Waals surface area contributed by atoms with Crippen LogP contribution in [0.5, 0.6) is 0 Å². The van der Waals surface area contributed by atoms with E-state index in [9.17, 15) is 4.79 Å². The Bertz CT molecular complexity index is 1050. The molecule has 1 aliphatic rings. The molecule has 0 unspecified atom stereocenters. The maximum absolute atomic E-state index is 12.9. The van der Waals surface area contributed by atoms with Gasteiger partial charge in [0, 0.05) is 43.9 Å². The lowest BCUT2D eigenvalue weighted by molar-refractivity contribution is 0.0621. The zero-order chi connectivity index (χ0) is 21.3. The van der Waals surface area contributed by atoms with Crippen LogP contribution in [0.2, 0.25) is 10.0 Å². The Kier molecular flexibility index (Phi) is 6.13. The summed E-state index contributed by atoms with van der Waals surface area (Å²) in [6, 6.07) is 9.67. The standard InChI is InChI=1S/C21H24Cl2N6O/c1-15-20(23)16(2)29(24-15)14-28-7-6-19(25-28)21(30)27-10-8-26(9-11-27)13-17-4-3-5-18(22)12-17/h3-7,12H,8-11,13-14H2,1-2H3. The number of nitrogens with zero attached hydrogens (tertiary/aromatic N) is 6. The van der Waals surface area contributed by atoms with E-state index < -0.39 is 0 Å². The molecule has 1 amide bonds. The van der Waals surface area contributed by atoms with Crippen LogP contribution in [0.15, 0.2) is 36.5 Å². The number of amides is 1. The molecule has 1 aromatic carbocycles. The van der Waals surface area contributed by atoms with E-state index in [-0.39, 0.29) is 5.91 Å². The van der Waals surface area contributed by atoms with Crippen molar-refractivity contribution >= 4 is 29.1 Å². The fourth-order valence-corrected chi connectivity index (χ4v) is 4.02. The average Bonchev–Trinajstić information content (AvgIpc) is 3.29. The molecule has 1 aliphatic heterocycles. The summed E-state index contributed by atoms with van der Waals surface area (Å²) in [6.07, 6.45) is 1.80. The van der Waals surface area contributed by atoms with Crippen LogP contribution in [-0.4, -0.2) is 61.4 Å².